The average molecular weight is 374 g/mol. The first-order chi connectivity index (χ1) is 11.2. The van der Waals surface area contributed by atoms with E-state index in [2.05, 4.69) is 10.9 Å². The molecule has 2 aromatic rings. The predicted molar refractivity (Wildman–Crippen MR) is 83.7 cm³/mol. The van der Waals surface area contributed by atoms with Crippen LogP contribution in [-0.2, 0) is 6.18 Å². The molecule has 0 heterocycles. The van der Waals surface area contributed by atoms with E-state index >= 15 is 0 Å². The highest BCUT2D eigenvalue weighted by Crippen LogP contribution is 2.35. The number of anilines is 1. The van der Waals surface area contributed by atoms with Crippen molar-refractivity contribution < 1.29 is 18.0 Å². The molecule has 0 spiro atoms. The molecule has 0 aliphatic rings. The summed E-state index contributed by atoms with van der Waals surface area (Å²) in [7, 11) is 0. The lowest BCUT2D eigenvalue weighted by atomic mass is 10.1. The summed E-state index contributed by atoms with van der Waals surface area (Å²) in [4.78, 5) is 12.0. The molecule has 24 heavy (non-hydrogen) atoms. The number of nitriles is 1. The SMILES string of the molecule is N#Cc1ccc(NNC(=O)c2cc(Cl)ccc2Cl)c(C(F)(F)F)c1. The topological polar surface area (TPSA) is 64.9 Å². The van der Waals surface area contributed by atoms with Gasteiger partial charge in [-0.2, -0.15) is 18.4 Å². The summed E-state index contributed by atoms with van der Waals surface area (Å²) in [5, 5.41) is 9.05. The van der Waals surface area contributed by atoms with Crippen LogP contribution in [0.5, 0.6) is 0 Å². The first-order valence-corrected chi connectivity index (χ1v) is 7.10. The lowest BCUT2D eigenvalue weighted by molar-refractivity contribution is -0.137. The summed E-state index contributed by atoms with van der Waals surface area (Å²) >= 11 is 11.6. The van der Waals surface area contributed by atoms with E-state index in [1.165, 1.54) is 24.3 Å². The van der Waals surface area contributed by atoms with E-state index in [0.717, 1.165) is 6.07 Å². The third-order valence-electron chi connectivity index (χ3n) is 2.94. The standard InChI is InChI=1S/C15H8Cl2F3N3O/c16-9-2-3-12(17)10(6-9)14(24)23-22-13-4-1-8(7-21)5-11(13)15(18,19)20/h1-6,22H,(H,23,24). The van der Waals surface area contributed by atoms with Crippen LogP contribution in [0.1, 0.15) is 21.5 Å². The molecule has 0 atom stereocenters. The number of nitrogens with zero attached hydrogens (tertiary/aromatic N) is 1. The van der Waals surface area contributed by atoms with Crippen LogP contribution < -0.4 is 10.9 Å². The fourth-order valence-electron chi connectivity index (χ4n) is 1.82. The highest BCUT2D eigenvalue weighted by molar-refractivity contribution is 6.35. The summed E-state index contributed by atoms with van der Waals surface area (Å²) < 4.78 is 39.1. The summed E-state index contributed by atoms with van der Waals surface area (Å²) in [6.45, 7) is 0. The van der Waals surface area contributed by atoms with E-state index in [-0.39, 0.29) is 21.2 Å². The largest absolute Gasteiger partial charge is 0.418 e. The molecule has 0 radical (unpaired) electrons. The number of alkyl halides is 3. The summed E-state index contributed by atoms with van der Waals surface area (Å²) in [6.07, 6.45) is -4.70. The van der Waals surface area contributed by atoms with Crippen LogP contribution in [-0.4, -0.2) is 5.91 Å². The summed E-state index contributed by atoms with van der Waals surface area (Å²) in [5.74, 6) is -0.764. The molecule has 0 saturated heterocycles. The van der Waals surface area contributed by atoms with E-state index in [0.29, 0.717) is 6.07 Å². The number of benzene rings is 2. The van der Waals surface area contributed by atoms with Crippen molar-refractivity contribution in [1.29, 1.82) is 5.26 Å². The number of rotatable bonds is 3. The molecule has 0 aliphatic heterocycles. The minimum Gasteiger partial charge on any atom is -0.298 e. The maximum absolute atomic E-state index is 13.0. The molecule has 9 heteroatoms. The molecule has 4 nitrogen and oxygen atoms in total. The first-order valence-electron chi connectivity index (χ1n) is 6.35. The second kappa shape index (κ2) is 6.99. The van der Waals surface area contributed by atoms with Crippen LogP contribution in [0.15, 0.2) is 36.4 Å². The van der Waals surface area contributed by atoms with Crippen LogP contribution in [0.2, 0.25) is 10.0 Å². The quantitative estimate of drug-likeness (QED) is 0.770. The monoisotopic (exact) mass is 373 g/mol. The van der Waals surface area contributed by atoms with Crippen molar-refractivity contribution in [1.82, 2.24) is 5.43 Å². The van der Waals surface area contributed by atoms with Gasteiger partial charge in [-0.05, 0) is 36.4 Å². The maximum atomic E-state index is 13.0. The Morgan fingerprint density at radius 1 is 1.12 bits per heavy atom. The molecule has 0 aromatic heterocycles. The van der Waals surface area contributed by atoms with Crippen LogP contribution in [0.4, 0.5) is 18.9 Å². The van der Waals surface area contributed by atoms with Gasteiger partial charge in [0, 0.05) is 5.02 Å². The molecular formula is C15H8Cl2F3N3O. The Morgan fingerprint density at radius 3 is 2.46 bits per heavy atom. The second-order valence-electron chi connectivity index (χ2n) is 4.57. The Hall–Kier alpha value is -2.43. The minimum absolute atomic E-state index is 0.00105. The van der Waals surface area contributed by atoms with Crippen molar-refractivity contribution in [3.8, 4) is 6.07 Å². The van der Waals surface area contributed by atoms with Crippen molar-refractivity contribution in [3.05, 3.63) is 63.1 Å². The van der Waals surface area contributed by atoms with Gasteiger partial charge in [0.25, 0.3) is 5.91 Å². The Balaban J connectivity index is 2.25. The number of carbonyl (C=O) groups excluding carboxylic acids is 1. The van der Waals surface area contributed by atoms with Gasteiger partial charge in [0.05, 0.1) is 33.5 Å². The van der Waals surface area contributed by atoms with E-state index in [9.17, 15) is 18.0 Å². The van der Waals surface area contributed by atoms with Gasteiger partial charge < -0.3 is 0 Å². The Bertz CT molecular complexity index is 832. The number of hydrogen-bond donors (Lipinski definition) is 2. The maximum Gasteiger partial charge on any atom is 0.418 e. The van der Waals surface area contributed by atoms with Gasteiger partial charge in [-0.1, -0.05) is 23.2 Å². The average Bonchev–Trinajstić information content (AvgIpc) is 2.53. The molecule has 0 bridgehead atoms. The number of halogens is 5. The zero-order valence-corrected chi connectivity index (χ0v) is 13.2. The number of hydrazine groups is 1. The van der Waals surface area contributed by atoms with Crippen molar-refractivity contribution in [2.24, 2.45) is 0 Å². The van der Waals surface area contributed by atoms with Crippen molar-refractivity contribution >= 4 is 34.8 Å². The normalized spacial score (nSPS) is 10.8. The van der Waals surface area contributed by atoms with Gasteiger partial charge in [-0.3, -0.25) is 15.6 Å². The van der Waals surface area contributed by atoms with Gasteiger partial charge in [0.1, 0.15) is 0 Å². The lowest BCUT2D eigenvalue weighted by Gasteiger charge is -2.15. The number of nitrogens with one attached hydrogen (secondary N) is 2. The zero-order valence-electron chi connectivity index (χ0n) is 11.7. The Morgan fingerprint density at radius 2 is 1.83 bits per heavy atom. The highest BCUT2D eigenvalue weighted by Gasteiger charge is 2.34. The lowest BCUT2D eigenvalue weighted by Crippen LogP contribution is -2.30. The minimum atomic E-state index is -4.70. The third-order valence-corrected chi connectivity index (χ3v) is 3.50. The van der Waals surface area contributed by atoms with Crippen molar-refractivity contribution in [2.75, 3.05) is 5.43 Å². The molecule has 0 saturated carbocycles. The van der Waals surface area contributed by atoms with E-state index in [1.807, 2.05) is 0 Å². The van der Waals surface area contributed by atoms with Crippen molar-refractivity contribution in [2.45, 2.75) is 6.18 Å². The Kier molecular flexibility index (Phi) is 5.22. The van der Waals surface area contributed by atoms with Gasteiger partial charge in [-0.15, -0.1) is 0 Å². The van der Waals surface area contributed by atoms with E-state index in [4.69, 9.17) is 28.5 Å². The number of amides is 1. The second-order valence-corrected chi connectivity index (χ2v) is 5.42. The van der Waals surface area contributed by atoms with E-state index < -0.39 is 23.3 Å². The Labute approximate surface area is 144 Å². The smallest absolute Gasteiger partial charge is 0.298 e. The molecule has 1 amide bonds. The van der Waals surface area contributed by atoms with Gasteiger partial charge in [0.15, 0.2) is 0 Å². The molecule has 2 rings (SSSR count). The van der Waals surface area contributed by atoms with Gasteiger partial charge in [0.2, 0.25) is 0 Å². The molecule has 0 unspecified atom stereocenters. The number of carbonyl (C=O) groups is 1. The van der Waals surface area contributed by atoms with Crippen LogP contribution in [0, 0.1) is 11.3 Å². The van der Waals surface area contributed by atoms with Crippen LogP contribution in [0.25, 0.3) is 0 Å². The summed E-state index contributed by atoms with van der Waals surface area (Å²) in [5.41, 5.74) is 2.65. The summed E-state index contributed by atoms with van der Waals surface area (Å²) in [6, 6.07) is 8.68. The van der Waals surface area contributed by atoms with Crippen molar-refractivity contribution in [3.63, 3.8) is 0 Å². The predicted octanol–water partition coefficient (Wildman–Crippen LogP) is 4.64. The fraction of sp³-hybridized carbons (Fsp3) is 0.0667. The van der Waals surface area contributed by atoms with Crippen LogP contribution in [0.3, 0.4) is 0 Å². The molecule has 0 aliphatic carbocycles. The first kappa shape index (κ1) is 17.9. The van der Waals surface area contributed by atoms with Gasteiger partial charge >= 0.3 is 6.18 Å². The third kappa shape index (κ3) is 4.10. The van der Waals surface area contributed by atoms with Gasteiger partial charge in [-0.25, -0.2) is 0 Å². The molecule has 2 N–H and O–H groups in total. The van der Waals surface area contributed by atoms with Crippen LogP contribution >= 0.6 is 23.2 Å². The zero-order chi connectivity index (χ0) is 17.9. The molecular weight excluding hydrogens is 366 g/mol. The highest BCUT2D eigenvalue weighted by atomic mass is 35.5. The fourth-order valence-corrected chi connectivity index (χ4v) is 2.20. The molecule has 124 valence electrons. The number of hydrogen-bond acceptors (Lipinski definition) is 3. The molecule has 0 fully saturated rings. The molecule has 2 aromatic carbocycles. The van der Waals surface area contributed by atoms with E-state index in [1.54, 1.807) is 6.07 Å².